The molecule has 1 aromatic carbocycles. The van der Waals surface area contributed by atoms with Gasteiger partial charge in [-0.1, -0.05) is 28.1 Å². The molecule has 1 aromatic rings. The standard InChI is InChI=1S/C13H18BrNO2/c1-9(7-8-16)15-13(17)10(2)11-3-5-12(14)6-4-11/h3-6,9-10,16H,7-8H2,1-2H3,(H,15,17). The summed E-state index contributed by atoms with van der Waals surface area (Å²) in [7, 11) is 0. The van der Waals surface area contributed by atoms with Gasteiger partial charge < -0.3 is 10.4 Å². The maximum atomic E-state index is 11.9. The minimum atomic E-state index is -0.177. The van der Waals surface area contributed by atoms with Crippen molar-refractivity contribution in [3.8, 4) is 0 Å². The Morgan fingerprint density at radius 3 is 2.47 bits per heavy atom. The van der Waals surface area contributed by atoms with E-state index in [-0.39, 0.29) is 24.5 Å². The fraction of sp³-hybridized carbons (Fsp3) is 0.462. The Morgan fingerprint density at radius 2 is 1.94 bits per heavy atom. The zero-order valence-corrected chi connectivity index (χ0v) is 11.7. The van der Waals surface area contributed by atoms with E-state index in [9.17, 15) is 4.79 Å². The molecule has 0 saturated heterocycles. The van der Waals surface area contributed by atoms with Gasteiger partial charge in [0.2, 0.25) is 5.91 Å². The van der Waals surface area contributed by atoms with Gasteiger partial charge in [-0.3, -0.25) is 4.79 Å². The summed E-state index contributed by atoms with van der Waals surface area (Å²) < 4.78 is 1.00. The van der Waals surface area contributed by atoms with Gasteiger partial charge in [0.25, 0.3) is 0 Å². The lowest BCUT2D eigenvalue weighted by molar-refractivity contribution is -0.122. The largest absolute Gasteiger partial charge is 0.396 e. The van der Waals surface area contributed by atoms with E-state index < -0.39 is 0 Å². The highest BCUT2D eigenvalue weighted by Gasteiger charge is 2.16. The van der Waals surface area contributed by atoms with Gasteiger partial charge in [-0.25, -0.2) is 0 Å². The molecule has 0 spiro atoms. The predicted octanol–water partition coefficient (Wildman–Crippen LogP) is 2.44. The molecular formula is C13H18BrNO2. The van der Waals surface area contributed by atoms with E-state index in [1.54, 1.807) is 0 Å². The third-order valence-electron chi connectivity index (χ3n) is 2.71. The van der Waals surface area contributed by atoms with Crippen LogP contribution in [0.2, 0.25) is 0 Å². The number of benzene rings is 1. The minimum Gasteiger partial charge on any atom is -0.396 e. The Balaban J connectivity index is 2.60. The van der Waals surface area contributed by atoms with E-state index in [2.05, 4.69) is 21.2 Å². The van der Waals surface area contributed by atoms with E-state index in [0.29, 0.717) is 6.42 Å². The molecule has 0 aromatic heterocycles. The molecule has 0 saturated carbocycles. The lowest BCUT2D eigenvalue weighted by Gasteiger charge is -2.17. The monoisotopic (exact) mass is 299 g/mol. The Hall–Kier alpha value is -0.870. The van der Waals surface area contributed by atoms with Crippen LogP contribution in [0.4, 0.5) is 0 Å². The number of rotatable bonds is 5. The van der Waals surface area contributed by atoms with Crippen LogP contribution in [0.15, 0.2) is 28.7 Å². The Kier molecular flexibility index (Phi) is 5.65. The summed E-state index contributed by atoms with van der Waals surface area (Å²) in [4.78, 5) is 11.9. The van der Waals surface area contributed by atoms with Gasteiger partial charge in [-0.15, -0.1) is 0 Å². The molecule has 94 valence electrons. The normalized spacial score (nSPS) is 14.1. The molecule has 1 rings (SSSR count). The van der Waals surface area contributed by atoms with Gasteiger partial charge in [0.15, 0.2) is 0 Å². The lowest BCUT2D eigenvalue weighted by Crippen LogP contribution is -2.36. The maximum absolute atomic E-state index is 11.9. The molecule has 17 heavy (non-hydrogen) atoms. The second-order valence-electron chi connectivity index (χ2n) is 4.20. The summed E-state index contributed by atoms with van der Waals surface area (Å²) in [5.41, 5.74) is 0.988. The molecule has 0 aliphatic carbocycles. The van der Waals surface area contributed by atoms with Gasteiger partial charge >= 0.3 is 0 Å². The summed E-state index contributed by atoms with van der Waals surface area (Å²) in [6.07, 6.45) is 0.582. The number of hydrogen-bond donors (Lipinski definition) is 2. The van der Waals surface area contributed by atoms with Gasteiger partial charge in [0, 0.05) is 17.1 Å². The van der Waals surface area contributed by atoms with Gasteiger partial charge in [0.1, 0.15) is 0 Å². The zero-order valence-electron chi connectivity index (χ0n) is 10.1. The molecule has 2 unspecified atom stereocenters. The summed E-state index contributed by atoms with van der Waals surface area (Å²) in [5, 5.41) is 11.7. The maximum Gasteiger partial charge on any atom is 0.227 e. The second kappa shape index (κ2) is 6.77. The first-order valence-electron chi connectivity index (χ1n) is 5.71. The van der Waals surface area contributed by atoms with Crippen LogP contribution in [0.25, 0.3) is 0 Å². The van der Waals surface area contributed by atoms with Crippen LogP contribution in [0.3, 0.4) is 0 Å². The van der Waals surface area contributed by atoms with Crippen LogP contribution in [0.5, 0.6) is 0 Å². The summed E-state index contributed by atoms with van der Waals surface area (Å²) in [5.74, 6) is -0.183. The Morgan fingerprint density at radius 1 is 1.35 bits per heavy atom. The predicted molar refractivity (Wildman–Crippen MR) is 71.9 cm³/mol. The topological polar surface area (TPSA) is 49.3 Å². The number of aliphatic hydroxyl groups excluding tert-OH is 1. The van der Waals surface area contributed by atoms with Crippen molar-refractivity contribution in [3.63, 3.8) is 0 Å². The smallest absolute Gasteiger partial charge is 0.227 e. The molecule has 1 amide bonds. The molecule has 0 aliphatic heterocycles. The van der Waals surface area contributed by atoms with Crippen molar-refractivity contribution in [1.29, 1.82) is 0 Å². The highest BCUT2D eigenvalue weighted by Crippen LogP contribution is 2.18. The molecule has 0 heterocycles. The van der Waals surface area contributed by atoms with Crippen LogP contribution in [0.1, 0.15) is 31.7 Å². The van der Waals surface area contributed by atoms with E-state index in [4.69, 9.17) is 5.11 Å². The number of aliphatic hydroxyl groups is 1. The van der Waals surface area contributed by atoms with Crippen LogP contribution in [-0.4, -0.2) is 23.7 Å². The van der Waals surface area contributed by atoms with E-state index in [1.165, 1.54) is 0 Å². The number of carbonyl (C=O) groups excluding carboxylic acids is 1. The minimum absolute atomic E-state index is 0.00500. The third kappa shape index (κ3) is 4.48. The fourth-order valence-electron chi connectivity index (χ4n) is 1.54. The summed E-state index contributed by atoms with van der Waals surface area (Å²) >= 11 is 3.36. The highest BCUT2D eigenvalue weighted by atomic mass is 79.9. The molecule has 0 fully saturated rings. The van der Waals surface area contributed by atoms with Crippen molar-refractivity contribution >= 4 is 21.8 Å². The first-order valence-corrected chi connectivity index (χ1v) is 6.50. The van der Waals surface area contributed by atoms with Crippen LogP contribution in [0, 0.1) is 0 Å². The van der Waals surface area contributed by atoms with Crippen molar-refractivity contribution in [1.82, 2.24) is 5.32 Å². The SMILES string of the molecule is CC(CCO)NC(=O)C(C)c1ccc(Br)cc1. The zero-order chi connectivity index (χ0) is 12.8. The first kappa shape index (κ1) is 14.2. The van der Waals surface area contributed by atoms with Crippen molar-refractivity contribution in [3.05, 3.63) is 34.3 Å². The van der Waals surface area contributed by atoms with Crippen molar-refractivity contribution < 1.29 is 9.90 Å². The number of amides is 1. The second-order valence-corrected chi connectivity index (χ2v) is 5.11. The molecular weight excluding hydrogens is 282 g/mol. The first-order chi connectivity index (χ1) is 8.04. The van der Waals surface area contributed by atoms with Crippen molar-refractivity contribution in [2.75, 3.05) is 6.61 Å². The average molecular weight is 300 g/mol. The van der Waals surface area contributed by atoms with Crippen molar-refractivity contribution in [2.24, 2.45) is 0 Å². The van der Waals surface area contributed by atoms with Gasteiger partial charge in [-0.2, -0.15) is 0 Å². The van der Waals surface area contributed by atoms with E-state index in [1.807, 2.05) is 38.1 Å². The van der Waals surface area contributed by atoms with Crippen LogP contribution < -0.4 is 5.32 Å². The number of halogens is 1. The molecule has 0 bridgehead atoms. The third-order valence-corrected chi connectivity index (χ3v) is 3.24. The highest BCUT2D eigenvalue weighted by molar-refractivity contribution is 9.10. The number of hydrogen-bond acceptors (Lipinski definition) is 2. The molecule has 4 heteroatoms. The van der Waals surface area contributed by atoms with Crippen molar-refractivity contribution in [2.45, 2.75) is 32.2 Å². The number of carbonyl (C=O) groups is 1. The summed E-state index contributed by atoms with van der Waals surface area (Å²) in [6.45, 7) is 3.86. The summed E-state index contributed by atoms with van der Waals surface area (Å²) in [6, 6.07) is 7.73. The van der Waals surface area contributed by atoms with Crippen LogP contribution >= 0.6 is 15.9 Å². The quantitative estimate of drug-likeness (QED) is 0.877. The molecule has 2 atom stereocenters. The average Bonchev–Trinajstić information content (AvgIpc) is 2.29. The molecule has 3 nitrogen and oxygen atoms in total. The fourth-order valence-corrected chi connectivity index (χ4v) is 1.80. The molecule has 0 aliphatic rings. The lowest BCUT2D eigenvalue weighted by atomic mass is 10.00. The van der Waals surface area contributed by atoms with Crippen LogP contribution in [-0.2, 0) is 4.79 Å². The Bertz CT molecular complexity index is 364. The molecule has 0 radical (unpaired) electrons. The van der Waals surface area contributed by atoms with E-state index in [0.717, 1.165) is 10.0 Å². The Labute approximate surface area is 110 Å². The number of nitrogens with one attached hydrogen (secondary N) is 1. The van der Waals surface area contributed by atoms with E-state index >= 15 is 0 Å². The molecule has 2 N–H and O–H groups in total. The van der Waals surface area contributed by atoms with Gasteiger partial charge in [-0.05, 0) is 38.0 Å². The van der Waals surface area contributed by atoms with Gasteiger partial charge in [0.05, 0.1) is 5.92 Å².